The number of nitrogens with zero attached hydrogens (tertiary/aromatic N) is 3. The number of aliphatic imine (C=N–C) groups is 2. The molecule has 3 aliphatic rings. The van der Waals surface area contributed by atoms with E-state index in [0.29, 0.717) is 17.4 Å². The van der Waals surface area contributed by atoms with Gasteiger partial charge < -0.3 is 10.6 Å². The Morgan fingerprint density at radius 3 is 2.71 bits per heavy atom. The summed E-state index contributed by atoms with van der Waals surface area (Å²) in [6.07, 6.45) is 7.07. The number of para-hydroxylation sites is 1. The first-order valence-corrected chi connectivity index (χ1v) is 13.3. The van der Waals surface area contributed by atoms with Crippen molar-refractivity contribution >= 4 is 46.2 Å². The minimum atomic E-state index is -0.627. The molecule has 4 rings (SSSR count). The van der Waals surface area contributed by atoms with Gasteiger partial charge >= 0.3 is 0 Å². The van der Waals surface area contributed by atoms with Crippen LogP contribution in [0, 0.1) is 0 Å². The predicted octanol–water partition coefficient (Wildman–Crippen LogP) is 3.52. The molecule has 0 bridgehead atoms. The number of nitrogens with one attached hydrogen (secondary N) is 2. The van der Waals surface area contributed by atoms with Gasteiger partial charge in [0.05, 0.1) is 11.4 Å². The van der Waals surface area contributed by atoms with E-state index in [1.165, 1.54) is 23.1 Å². The van der Waals surface area contributed by atoms with Gasteiger partial charge in [-0.25, -0.2) is 9.89 Å². The monoisotopic (exact) mass is 483 g/mol. The Kier molecular flexibility index (Phi) is 8.03. The molecule has 2 N–H and O–H groups in total. The summed E-state index contributed by atoms with van der Waals surface area (Å²) in [6, 6.07) is 7.27. The van der Waals surface area contributed by atoms with Crippen LogP contribution in [0.4, 0.5) is 5.69 Å². The van der Waals surface area contributed by atoms with Crippen molar-refractivity contribution in [2.24, 2.45) is 9.98 Å². The minimum absolute atomic E-state index is 0.0184. The summed E-state index contributed by atoms with van der Waals surface area (Å²) >= 11 is 1.23. The second-order valence-electron chi connectivity index (χ2n) is 9.16. The summed E-state index contributed by atoms with van der Waals surface area (Å²) in [4.78, 5) is 49.0. The Balaban J connectivity index is 1.43. The number of hydrogen-bond acceptors (Lipinski definition) is 6. The van der Waals surface area contributed by atoms with Crippen molar-refractivity contribution in [3.8, 4) is 0 Å². The highest BCUT2D eigenvalue weighted by atomic mass is 32.2. The van der Waals surface area contributed by atoms with Crippen molar-refractivity contribution in [1.82, 2.24) is 15.5 Å². The molecule has 1 fully saturated rings. The summed E-state index contributed by atoms with van der Waals surface area (Å²) in [5.74, 6) is 0.412. The molecule has 0 radical (unpaired) electrons. The Morgan fingerprint density at radius 2 is 1.94 bits per heavy atom. The van der Waals surface area contributed by atoms with Crippen LogP contribution in [0.5, 0.6) is 0 Å². The van der Waals surface area contributed by atoms with Crippen LogP contribution in [0.25, 0.3) is 0 Å². The van der Waals surface area contributed by atoms with E-state index >= 15 is 0 Å². The standard InChI is InChI=1S/C25H33N5O3S/c1-3-16(2)26-22(32)15-34-25-29-19-12-8-7-11-18(19)23-28-20(24(33)30(23)25)13-14-21(31)27-17-9-5-4-6-10-17/h7-8,11-12,16-17,20H,3-6,9-10,13-15H2,1-2H3,(H,26,32)(H,27,31)/t16-,20+/m1/s1. The van der Waals surface area contributed by atoms with Gasteiger partial charge in [0, 0.05) is 24.1 Å². The van der Waals surface area contributed by atoms with E-state index in [4.69, 9.17) is 4.99 Å². The summed E-state index contributed by atoms with van der Waals surface area (Å²) in [6.45, 7) is 3.97. The number of hydrogen-bond donors (Lipinski definition) is 2. The molecule has 3 amide bonds. The normalized spacial score (nSPS) is 20.7. The number of rotatable bonds is 8. The molecular formula is C25H33N5O3S. The van der Waals surface area contributed by atoms with E-state index in [1.807, 2.05) is 38.1 Å². The summed E-state index contributed by atoms with van der Waals surface area (Å²) in [5.41, 5.74) is 1.52. The first-order chi connectivity index (χ1) is 16.5. The number of benzene rings is 1. The molecule has 2 aliphatic heterocycles. The molecule has 1 aromatic carbocycles. The molecule has 1 saturated carbocycles. The molecule has 34 heavy (non-hydrogen) atoms. The van der Waals surface area contributed by atoms with Crippen LogP contribution in [0.3, 0.4) is 0 Å². The zero-order valence-electron chi connectivity index (χ0n) is 19.9. The van der Waals surface area contributed by atoms with Crippen LogP contribution in [0.1, 0.15) is 70.8 Å². The predicted molar refractivity (Wildman–Crippen MR) is 135 cm³/mol. The zero-order chi connectivity index (χ0) is 24.1. The molecule has 1 aromatic rings. The lowest BCUT2D eigenvalue weighted by atomic mass is 9.95. The molecule has 0 spiro atoms. The number of thioether (sulfide) groups is 1. The Bertz CT molecular complexity index is 1000. The van der Waals surface area contributed by atoms with Crippen molar-refractivity contribution < 1.29 is 14.4 Å². The average molecular weight is 484 g/mol. The van der Waals surface area contributed by atoms with Gasteiger partial charge in [-0.05, 0) is 44.7 Å². The molecule has 0 aromatic heterocycles. The highest BCUT2D eigenvalue weighted by Gasteiger charge is 2.41. The quantitative estimate of drug-likeness (QED) is 0.590. The van der Waals surface area contributed by atoms with Crippen molar-refractivity contribution in [2.75, 3.05) is 5.75 Å². The third-order valence-corrected chi connectivity index (χ3v) is 7.45. The number of fused-ring (bicyclic) bond motifs is 3. The summed E-state index contributed by atoms with van der Waals surface area (Å²) in [7, 11) is 0. The van der Waals surface area contributed by atoms with Crippen LogP contribution in [0.15, 0.2) is 34.3 Å². The first-order valence-electron chi connectivity index (χ1n) is 12.3. The van der Waals surface area contributed by atoms with Crippen LogP contribution >= 0.6 is 11.8 Å². The van der Waals surface area contributed by atoms with Crippen molar-refractivity contribution in [3.05, 3.63) is 29.8 Å². The van der Waals surface area contributed by atoms with Gasteiger partial charge in [-0.15, -0.1) is 0 Å². The van der Waals surface area contributed by atoms with Gasteiger partial charge in [0.1, 0.15) is 11.9 Å². The fraction of sp³-hybridized carbons (Fsp3) is 0.560. The molecule has 2 atom stereocenters. The van der Waals surface area contributed by atoms with Gasteiger partial charge in [-0.1, -0.05) is 50.1 Å². The second-order valence-corrected chi connectivity index (χ2v) is 10.1. The van der Waals surface area contributed by atoms with Crippen molar-refractivity contribution in [2.45, 2.75) is 83.3 Å². The summed E-state index contributed by atoms with van der Waals surface area (Å²) < 4.78 is 0. The Morgan fingerprint density at radius 1 is 1.18 bits per heavy atom. The maximum Gasteiger partial charge on any atom is 0.259 e. The molecule has 1 aliphatic carbocycles. The van der Waals surface area contributed by atoms with E-state index < -0.39 is 6.04 Å². The smallest absolute Gasteiger partial charge is 0.259 e. The van der Waals surface area contributed by atoms with Gasteiger partial charge in [0.2, 0.25) is 11.8 Å². The summed E-state index contributed by atoms with van der Waals surface area (Å²) in [5, 5.41) is 6.51. The maximum absolute atomic E-state index is 13.3. The van der Waals surface area contributed by atoms with Crippen LogP contribution < -0.4 is 10.6 Å². The van der Waals surface area contributed by atoms with Gasteiger partial charge in [0.15, 0.2) is 5.17 Å². The lowest BCUT2D eigenvalue weighted by molar-refractivity contribution is -0.125. The molecule has 2 heterocycles. The lowest BCUT2D eigenvalue weighted by Gasteiger charge is -2.25. The van der Waals surface area contributed by atoms with Gasteiger partial charge in [0.25, 0.3) is 5.91 Å². The average Bonchev–Trinajstić information content (AvgIpc) is 3.18. The first kappa shape index (κ1) is 24.4. The molecule has 0 saturated heterocycles. The third-order valence-electron chi connectivity index (χ3n) is 6.51. The molecule has 9 heteroatoms. The molecular weight excluding hydrogens is 450 g/mol. The van der Waals surface area contributed by atoms with Crippen molar-refractivity contribution in [1.29, 1.82) is 0 Å². The SMILES string of the molecule is CC[C@@H](C)NC(=O)CSC1=Nc2ccccc2C2=N[C@@H](CCC(=O)NC3CCCCC3)C(=O)N12. The van der Waals surface area contributed by atoms with Gasteiger partial charge in [-0.3, -0.25) is 19.4 Å². The second kappa shape index (κ2) is 11.2. The van der Waals surface area contributed by atoms with Gasteiger partial charge in [-0.2, -0.15) is 0 Å². The van der Waals surface area contributed by atoms with E-state index in [1.54, 1.807) is 0 Å². The Hall–Kier alpha value is -2.68. The van der Waals surface area contributed by atoms with E-state index in [9.17, 15) is 14.4 Å². The number of amidine groups is 2. The zero-order valence-corrected chi connectivity index (χ0v) is 20.7. The maximum atomic E-state index is 13.3. The van der Waals surface area contributed by atoms with Crippen LogP contribution in [0.2, 0.25) is 0 Å². The van der Waals surface area contributed by atoms with E-state index in [2.05, 4.69) is 15.6 Å². The fourth-order valence-electron chi connectivity index (χ4n) is 4.45. The van der Waals surface area contributed by atoms with Crippen molar-refractivity contribution in [3.63, 3.8) is 0 Å². The van der Waals surface area contributed by atoms with Crippen LogP contribution in [-0.2, 0) is 14.4 Å². The highest BCUT2D eigenvalue weighted by Crippen LogP contribution is 2.34. The highest BCUT2D eigenvalue weighted by molar-refractivity contribution is 8.14. The third kappa shape index (κ3) is 5.68. The largest absolute Gasteiger partial charge is 0.353 e. The van der Waals surface area contributed by atoms with Crippen LogP contribution in [-0.4, -0.2) is 57.5 Å². The van der Waals surface area contributed by atoms with E-state index in [-0.39, 0.29) is 42.0 Å². The number of carbonyl (C=O) groups excluding carboxylic acids is 3. The molecule has 0 unspecified atom stereocenters. The minimum Gasteiger partial charge on any atom is -0.353 e. The Labute approximate surface area is 205 Å². The molecule has 182 valence electrons. The van der Waals surface area contributed by atoms with E-state index in [0.717, 1.165) is 43.4 Å². The topological polar surface area (TPSA) is 103 Å². The fourth-order valence-corrected chi connectivity index (χ4v) is 5.26. The lowest BCUT2D eigenvalue weighted by Crippen LogP contribution is -2.42. The number of amides is 3. The molecule has 8 nitrogen and oxygen atoms in total. The number of carbonyl (C=O) groups is 3.